The van der Waals surface area contributed by atoms with Crippen LogP contribution in [0, 0.1) is 11.2 Å². The highest BCUT2D eigenvalue weighted by atomic mass is 19.1. The summed E-state index contributed by atoms with van der Waals surface area (Å²) >= 11 is 0. The second-order valence-electron chi connectivity index (χ2n) is 11.1. The molecule has 1 aliphatic carbocycles. The molecule has 2 aliphatic heterocycles. The molecule has 0 bridgehead atoms. The van der Waals surface area contributed by atoms with Crippen LogP contribution in [0.2, 0.25) is 0 Å². The van der Waals surface area contributed by atoms with Gasteiger partial charge < -0.3 is 19.1 Å². The Labute approximate surface area is 253 Å². The summed E-state index contributed by atoms with van der Waals surface area (Å²) in [6.07, 6.45) is 3.75. The Morgan fingerprint density at radius 1 is 0.773 bits per heavy atom. The van der Waals surface area contributed by atoms with Crippen LogP contribution in [0.3, 0.4) is 0 Å². The van der Waals surface area contributed by atoms with E-state index in [0.717, 1.165) is 5.56 Å². The Bertz CT molecular complexity index is 1850. The molecule has 44 heavy (non-hydrogen) atoms. The van der Waals surface area contributed by atoms with E-state index in [1.54, 1.807) is 36.4 Å². The summed E-state index contributed by atoms with van der Waals surface area (Å²) in [5, 5.41) is 0. The minimum absolute atomic E-state index is 0.249. The maximum absolute atomic E-state index is 14.9. The summed E-state index contributed by atoms with van der Waals surface area (Å²) in [7, 11) is 4.44. The van der Waals surface area contributed by atoms with Crippen LogP contribution in [-0.4, -0.2) is 50.8 Å². The molecular weight excluding hydrogens is 561 g/mol. The number of carbonyl (C=O) groups is 3. The van der Waals surface area contributed by atoms with Crippen molar-refractivity contribution in [2.24, 2.45) is 5.41 Å². The van der Waals surface area contributed by atoms with Gasteiger partial charge in [-0.1, -0.05) is 60.7 Å². The summed E-state index contributed by atoms with van der Waals surface area (Å²) in [4.78, 5) is 46.4. The van der Waals surface area contributed by atoms with Crippen molar-refractivity contribution >= 4 is 29.1 Å². The first-order valence-corrected chi connectivity index (χ1v) is 14.2. The van der Waals surface area contributed by atoms with E-state index in [1.807, 2.05) is 41.3 Å². The second kappa shape index (κ2) is 10.2. The van der Waals surface area contributed by atoms with Crippen LogP contribution in [0.1, 0.15) is 48.1 Å². The Hall–Kier alpha value is -5.24. The zero-order valence-electron chi connectivity index (χ0n) is 24.2. The molecule has 220 valence electrons. The Balaban J connectivity index is 1.59. The molecule has 0 radical (unpaired) electrons. The third-order valence-electron chi connectivity index (χ3n) is 9.18. The fraction of sp³-hybridized carbons (Fsp3) is 0.194. The number of hydrogen-bond donors (Lipinski definition) is 0. The number of Topliss-reactive ketones (excluding diaryl/α,β-unsaturated/α-hetero) is 3. The normalized spacial score (nSPS) is 20.7. The van der Waals surface area contributed by atoms with Gasteiger partial charge in [0.15, 0.2) is 28.8 Å². The average Bonchev–Trinajstić information content (AvgIpc) is 3.49. The summed E-state index contributed by atoms with van der Waals surface area (Å²) in [6.45, 7) is 0. The first kappa shape index (κ1) is 27.6. The molecule has 1 spiro atoms. The molecule has 8 heteroatoms. The van der Waals surface area contributed by atoms with Crippen molar-refractivity contribution in [2.45, 2.75) is 18.0 Å². The van der Waals surface area contributed by atoms with Crippen molar-refractivity contribution < 1.29 is 33.0 Å². The summed E-state index contributed by atoms with van der Waals surface area (Å²) in [5.74, 6) is -1.71. The summed E-state index contributed by atoms with van der Waals surface area (Å²) < 4.78 is 31.2. The number of fused-ring (bicyclic) bond motifs is 5. The fourth-order valence-corrected chi connectivity index (χ4v) is 7.41. The van der Waals surface area contributed by atoms with Gasteiger partial charge in [0.25, 0.3) is 0 Å². The Kier molecular flexibility index (Phi) is 6.39. The molecule has 4 aromatic rings. The Morgan fingerprint density at radius 2 is 1.41 bits per heavy atom. The SMILES string of the molecule is COc1ccc([C@@H]2[C@@H](C(=O)c3ccc(F)cc3)N3c4ccccc4C=CC3C23C(=O)c2ccccc2C3=O)c(OC)c1OC. The lowest BCUT2D eigenvalue weighted by molar-refractivity contribution is 0.0664. The van der Waals surface area contributed by atoms with E-state index in [9.17, 15) is 18.8 Å². The van der Waals surface area contributed by atoms with Gasteiger partial charge in [0, 0.05) is 33.9 Å². The number of anilines is 1. The van der Waals surface area contributed by atoms with Gasteiger partial charge in [-0.15, -0.1) is 0 Å². The van der Waals surface area contributed by atoms with Gasteiger partial charge in [-0.3, -0.25) is 14.4 Å². The van der Waals surface area contributed by atoms with Crippen molar-refractivity contribution in [3.05, 3.63) is 125 Å². The molecule has 3 atom stereocenters. The van der Waals surface area contributed by atoms with Crippen LogP contribution < -0.4 is 19.1 Å². The van der Waals surface area contributed by atoms with E-state index in [2.05, 4.69) is 0 Å². The fourth-order valence-electron chi connectivity index (χ4n) is 7.41. The smallest absolute Gasteiger partial charge is 0.203 e. The molecule has 0 N–H and O–H groups in total. The number of hydrogen-bond acceptors (Lipinski definition) is 7. The highest BCUT2D eigenvalue weighted by Crippen LogP contribution is 2.63. The van der Waals surface area contributed by atoms with Crippen LogP contribution in [0.4, 0.5) is 10.1 Å². The summed E-state index contributed by atoms with van der Waals surface area (Å²) in [5.41, 5.74) is 1.12. The third-order valence-corrected chi connectivity index (χ3v) is 9.18. The number of nitrogens with zero attached hydrogens (tertiary/aromatic N) is 1. The zero-order chi connectivity index (χ0) is 30.7. The number of rotatable bonds is 6. The molecule has 0 amide bonds. The minimum atomic E-state index is -1.74. The molecule has 0 saturated carbocycles. The summed E-state index contributed by atoms with van der Waals surface area (Å²) in [6, 6.07) is 21.2. The number of ether oxygens (including phenoxy) is 3. The van der Waals surface area contributed by atoms with E-state index in [0.29, 0.717) is 28.1 Å². The van der Waals surface area contributed by atoms with Crippen molar-refractivity contribution in [1.29, 1.82) is 0 Å². The monoisotopic (exact) mass is 589 g/mol. The van der Waals surface area contributed by atoms with Crippen LogP contribution in [0.5, 0.6) is 17.2 Å². The lowest BCUT2D eigenvalue weighted by Gasteiger charge is -2.37. The maximum Gasteiger partial charge on any atom is 0.203 e. The van der Waals surface area contributed by atoms with E-state index in [-0.39, 0.29) is 34.4 Å². The number of halogens is 1. The van der Waals surface area contributed by atoms with Gasteiger partial charge in [-0.2, -0.15) is 0 Å². The molecule has 1 unspecified atom stereocenters. The third kappa shape index (κ3) is 3.57. The van der Waals surface area contributed by atoms with Gasteiger partial charge in [0.1, 0.15) is 17.3 Å². The predicted molar refractivity (Wildman–Crippen MR) is 163 cm³/mol. The molecule has 2 heterocycles. The van der Waals surface area contributed by atoms with Crippen LogP contribution in [0.25, 0.3) is 6.08 Å². The molecule has 1 fully saturated rings. The lowest BCUT2D eigenvalue weighted by atomic mass is 9.64. The van der Waals surface area contributed by atoms with E-state index < -0.39 is 29.2 Å². The van der Waals surface area contributed by atoms with Gasteiger partial charge in [-0.05, 0) is 42.0 Å². The highest BCUT2D eigenvalue weighted by Gasteiger charge is 2.72. The lowest BCUT2D eigenvalue weighted by Crippen LogP contribution is -2.48. The standard InChI is InChI=1S/C36H28FNO6/c1-42-27-18-17-25(32(43-2)33(27)44-3)29-30(31(39)21-12-15-22(37)16-13-21)38-26-11-7-4-8-20(26)14-19-28(38)36(29)34(40)23-9-5-6-10-24(23)35(36)41/h4-19,28-30H,1-3H3/t28?,29-,30+/m1/s1. The molecule has 0 aromatic heterocycles. The molecular formula is C36H28FNO6. The van der Waals surface area contributed by atoms with Crippen LogP contribution in [0.15, 0.2) is 91.0 Å². The van der Waals surface area contributed by atoms with Gasteiger partial charge in [-0.25, -0.2) is 4.39 Å². The van der Waals surface area contributed by atoms with E-state index in [1.165, 1.54) is 45.6 Å². The second-order valence-corrected chi connectivity index (χ2v) is 11.1. The molecule has 3 aliphatic rings. The molecule has 4 aromatic carbocycles. The quantitative estimate of drug-likeness (QED) is 0.197. The van der Waals surface area contributed by atoms with Gasteiger partial charge >= 0.3 is 0 Å². The number of benzene rings is 4. The first-order chi connectivity index (χ1) is 21.4. The van der Waals surface area contributed by atoms with Gasteiger partial charge in [0.2, 0.25) is 5.75 Å². The van der Waals surface area contributed by atoms with Crippen LogP contribution in [-0.2, 0) is 0 Å². The van der Waals surface area contributed by atoms with Crippen molar-refractivity contribution in [1.82, 2.24) is 0 Å². The zero-order valence-corrected chi connectivity index (χ0v) is 24.2. The highest BCUT2D eigenvalue weighted by molar-refractivity contribution is 6.32. The van der Waals surface area contributed by atoms with Crippen molar-refractivity contribution in [3.63, 3.8) is 0 Å². The van der Waals surface area contributed by atoms with Crippen molar-refractivity contribution in [3.8, 4) is 17.2 Å². The van der Waals surface area contributed by atoms with E-state index >= 15 is 0 Å². The Morgan fingerprint density at radius 3 is 2.05 bits per heavy atom. The minimum Gasteiger partial charge on any atom is -0.493 e. The van der Waals surface area contributed by atoms with E-state index in [4.69, 9.17) is 14.2 Å². The molecule has 1 saturated heterocycles. The van der Waals surface area contributed by atoms with Gasteiger partial charge in [0.05, 0.1) is 27.4 Å². The maximum atomic E-state index is 14.9. The topological polar surface area (TPSA) is 82.1 Å². The predicted octanol–water partition coefficient (Wildman–Crippen LogP) is 6.17. The number of methoxy groups -OCH3 is 3. The van der Waals surface area contributed by atoms with Crippen molar-refractivity contribution in [2.75, 3.05) is 26.2 Å². The number of para-hydroxylation sites is 1. The largest absolute Gasteiger partial charge is 0.493 e. The number of carbonyl (C=O) groups excluding carboxylic acids is 3. The molecule has 7 nitrogen and oxygen atoms in total. The van der Waals surface area contributed by atoms with Crippen LogP contribution >= 0.6 is 0 Å². The average molecular weight is 590 g/mol. The first-order valence-electron chi connectivity index (χ1n) is 14.2. The molecule has 7 rings (SSSR count). The number of ketones is 3.